The Bertz CT molecular complexity index is 898. The highest BCUT2D eigenvalue weighted by atomic mass is 16.5. The number of para-hydroxylation sites is 1. The molecule has 2 N–H and O–H groups in total. The predicted molar refractivity (Wildman–Crippen MR) is 95.5 cm³/mol. The summed E-state index contributed by atoms with van der Waals surface area (Å²) in [6, 6.07) is 18.4. The third kappa shape index (κ3) is 3.63. The minimum Gasteiger partial charge on any atom is -0.508 e. The third-order valence-electron chi connectivity index (χ3n) is 3.92. The number of ether oxygens (including phenoxy) is 1. The van der Waals surface area contributed by atoms with Gasteiger partial charge in [-0.25, -0.2) is 0 Å². The predicted octanol–water partition coefficient (Wildman–Crippen LogP) is 4.68. The Kier molecular flexibility index (Phi) is 4.70. The van der Waals surface area contributed by atoms with Crippen LogP contribution in [0.15, 0.2) is 66.7 Å². The summed E-state index contributed by atoms with van der Waals surface area (Å²) in [6.07, 6.45) is 0.911. The smallest absolute Gasteiger partial charge is 0.196 e. The number of carbonyl (C=O) groups excluding carboxylic acids is 1. The number of phenols is 2. The van der Waals surface area contributed by atoms with Crippen LogP contribution in [0.2, 0.25) is 0 Å². The first-order valence-electron chi connectivity index (χ1n) is 8.01. The largest absolute Gasteiger partial charge is 0.508 e. The minimum atomic E-state index is -0.199. The Morgan fingerprint density at radius 3 is 2.32 bits per heavy atom. The lowest BCUT2D eigenvalue weighted by molar-refractivity contribution is 0.103. The molecule has 0 fully saturated rings. The highest BCUT2D eigenvalue weighted by Crippen LogP contribution is 2.35. The fourth-order valence-corrected chi connectivity index (χ4v) is 2.50. The van der Waals surface area contributed by atoms with Gasteiger partial charge in [0.05, 0.1) is 5.56 Å². The highest BCUT2D eigenvalue weighted by Gasteiger charge is 2.16. The maximum atomic E-state index is 12.8. The van der Waals surface area contributed by atoms with Crippen molar-refractivity contribution in [2.45, 2.75) is 13.3 Å². The van der Waals surface area contributed by atoms with Crippen LogP contribution in [-0.2, 0) is 6.42 Å². The second-order valence-electron chi connectivity index (χ2n) is 5.63. The molecule has 0 saturated heterocycles. The number of hydrogen-bond donors (Lipinski definition) is 2. The van der Waals surface area contributed by atoms with Crippen LogP contribution in [0.4, 0.5) is 0 Å². The topological polar surface area (TPSA) is 66.8 Å². The van der Waals surface area contributed by atoms with Gasteiger partial charge >= 0.3 is 0 Å². The number of carbonyl (C=O) groups is 1. The lowest BCUT2D eigenvalue weighted by atomic mass is 10.0. The maximum absolute atomic E-state index is 12.8. The highest BCUT2D eigenvalue weighted by molar-refractivity contribution is 6.10. The second-order valence-corrected chi connectivity index (χ2v) is 5.63. The molecule has 3 rings (SSSR count). The average Bonchev–Trinajstić information content (AvgIpc) is 2.64. The van der Waals surface area contributed by atoms with Crippen molar-refractivity contribution in [1.82, 2.24) is 0 Å². The molecular formula is C21H18O4. The van der Waals surface area contributed by atoms with Crippen molar-refractivity contribution in [3.63, 3.8) is 0 Å². The normalized spacial score (nSPS) is 10.4. The lowest BCUT2D eigenvalue weighted by Crippen LogP contribution is -2.03. The van der Waals surface area contributed by atoms with Crippen LogP contribution in [0, 0.1) is 0 Å². The molecule has 4 heteroatoms. The molecule has 25 heavy (non-hydrogen) atoms. The van der Waals surface area contributed by atoms with Gasteiger partial charge in [-0.2, -0.15) is 0 Å². The molecule has 3 aromatic carbocycles. The van der Waals surface area contributed by atoms with Crippen LogP contribution in [0.3, 0.4) is 0 Å². The van der Waals surface area contributed by atoms with E-state index < -0.39 is 0 Å². The van der Waals surface area contributed by atoms with Gasteiger partial charge in [0.1, 0.15) is 11.5 Å². The third-order valence-corrected chi connectivity index (χ3v) is 3.92. The zero-order valence-corrected chi connectivity index (χ0v) is 13.8. The van der Waals surface area contributed by atoms with Crippen molar-refractivity contribution in [2.24, 2.45) is 0 Å². The summed E-state index contributed by atoms with van der Waals surface area (Å²) in [5.74, 6) is 0.0868. The molecule has 0 atom stereocenters. The van der Waals surface area contributed by atoms with Gasteiger partial charge in [-0.1, -0.05) is 43.3 Å². The van der Waals surface area contributed by atoms with Crippen LogP contribution in [-0.4, -0.2) is 16.0 Å². The molecule has 0 aliphatic heterocycles. The van der Waals surface area contributed by atoms with Crippen LogP contribution in [0.5, 0.6) is 23.0 Å². The van der Waals surface area contributed by atoms with Gasteiger partial charge in [0, 0.05) is 11.6 Å². The number of phenolic OH excluding ortho intramolecular Hbond substituents is 2. The van der Waals surface area contributed by atoms with Crippen molar-refractivity contribution in [2.75, 3.05) is 0 Å². The molecule has 0 amide bonds. The van der Waals surface area contributed by atoms with E-state index in [1.807, 2.05) is 12.1 Å². The Morgan fingerprint density at radius 2 is 1.64 bits per heavy atom. The first-order valence-corrected chi connectivity index (χ1v) is 8.01. The monoisotopic (exact) mass is 334 g/mol. The first kappa shape index (κ1) is 16.6. The second kappa shape index (κ2) is 7.09. The molecule has 0 saturated carbocycles. The summed E-state index contributed by atoms with van der Waals surface area (Å²) in [5.41, 5.74) is 2.14. The number of hydrogen-bond acceptors (Lipinski definition) is 4. The molecule has 0 radical (unpaired) electrons. The van der Waals surface area contributed by atoms with Gasteiger partial charge < -0.3 is 14.9 Å². The number of benzene rings is 3. The molecule has 3 aromatic rings. The molecule has 126 valence electrons. The molecule has 0 aliphatic rings. The van der Waals surface area contributed by atoms with Crippen LogP contribution < -0.4 is 4.74 Å². The standard InChI is InChI=1S/C21H18O4/c1-2-14-7-9-15(10-8-14)21(24)17-5-3-4-6-19(17)25-20-12-11-16(22)13-18(20)23/h3-13,22-23H,2H2,1H3. The molecule has 0 heterocycles. The van der Waals surface area contributed by atoms with Crippen molar-refractivity contribution in [3.05, 3.63) is 83.4 Å². The van der Waals surface area contributed by atoms with Gasteiger partial charge in [-0.15, -0.1) is 0 Å². The number of ketones is 1. The zero-order chi connectivity index (χ0) is 17.8. The van der Waals surface area contributed by atoms with Gasteiger partial charge in [-0.05, 0) is 36.2 Å². The first-order chi connectivity index (χ1) is 12.1. The molecule has 0 spiro atoms. The van der Waals surface area contributed by atoms with E-state index in [0.717, 1.165) is 12.0 Å². The number of aromatic hydroxyl groups is 2. The van der Waals surface area contributed by atoms with Crippen LogP contribution in [0.25, 0.3) is 0 Å². The summed E-state index contributed by atoms with van der Waals surface area (Å²) in [6.45, 7) is 2.06. The Balaban J connectivity index is 1.93. The summed E-state index contributed by atoms with van der Waals surface area (Å²) in [4.78, 5) is 12.8. The van der Waals surface area contributed by atoms with Crippen molar-refractivity contribution >= 4 is 5.78 Å². The van der Waals surface area contributed by atoms with Crippen molar-refractivity contribution in [1.29, 1.82) is 0 Å². The molecule has 0 aliphatic carbocycles. The van der Waals surface area contributed by atoms with Crippen LogP contribution >= 0.6 is 0 Å². The van der Waals surface area contributed by atoms with Gasteiger partial charge in [0.15, 0.2) is 17.3 Å². The van der Waals surface area contributed by atoms with Crippen LogP contribution in [0.1, 0.15) is 28.4 Å². The summed E-state index contributed by atoms with van der Waals surface area (Å²) in [5, 5.41) is 19.3. The van der Waals surface area contributed by atoms with E-state index in [4.69, 9.17) is 4.74 Å². The van der Waals surface area contributed by atoms with Crippen molar-refractivity contribution in [3.8, 4) is 23.0 Å². The number of rotatable bonds is 5. The Morgan fingerprint density at radius 1 is 0.920 bits per heavy atom. The van der Waals surface area contributed by atoms with E-state index >= 15 is 0 Å². The fourth-order valence-electron chi connectivity index (χ4n) is 2.50. The molecular weight excluding hydrogens is 316 g/mol. The molecule has 0 bridgehead atoms. The van der Waals surface area contributed by atoms with E-state index in [9.17, 15) is 15.0 Å². The summed E-state index contributed by atoms with van der Waals surface area (Å²) in [7, 11) is 0. The van der Waals surface area contributed by atoms with Gasteiger partial charge in [0.25, 0.3) is 0 Å². The van der Waals surface area contributed by atoms with Gasteiger partial charge in [0.2, 0.25) is 0 Å². The molecule has 0 aromatic heterocycles. The van der Waals surface area contributed by atoms with E-state index in [0.29, 0.717) is 16.9 Å². The quantitative estimate of drug-likeness (QED) is 0.665. The van der Waals surface area contributed by atoms with E-state index in [1.54, 1.807) is 36.4 Å². The van der Waals surface area contributed by atoms with E-state index in [1.165, 1.54) is 18.2 Å². The fraction of sp³-hybridized carbons (Fsp3) is 0.0952. The Hall–Kier alpha value is -3.27. The summed E-state index contributed by atoms with van der Waals surface area (Å²) < 4.78 is 5.70. The average molecular weight is 334 g/mol. The lowest BCUT2D eigenvalue weighted by Gasteiger charge is -2.12. The number of aryl methyl sites for hydroxylation is 1. The molecule has 0 unspecified atom stereocenters. The molecule has 4 nitrogen and oxygen atoms in total. The van der Waals surface area contributed by atoms with E-state index in [2.05, 4.69) is 6.92 Å². The summed E-state index contributed by atoms with van der Waals surface area (Å²) >= 11 is 0. The van der Waals surface area contributed by atoms with E-state index in [-0.39, 0.29) is 23.0 Å². The minimum absolute atomic E-state index is 0.0646. The van der Waals surface area contributed by atoms with Gasteiger partial charge in [-0.3, -0.25) is 4.79 Å². The Labute approximate surface area is 146 Å². The van der Waals surface area contributed by atoms with Crippen molar-refractivity contribution < 1.29 is 19.7 Å². The zero-order valence-electron chi connectivity index (χ0n) is 13.8. The maximum Gasteiger partial charge on any atom is 0.196 e. The SMILES string of the molecule is CCc1ccc(C(=O)c2ccccc2Oc2ccc(O)cc2O)cc1.